The van der Waals surface area contributed by atoms with E-state index >= 15 is 0 Å². The first-order chi connectivity index (χ1) is 16.6. The van der Waals surface area contributed by atoms with Gasteiger partial charge in [-0.05, 0) is 38.0 Å². The van der Waals surface area contributed by atoms with Crippen LogP contribution in [0.15, 0.2) is 41.4 Å². The van der Waals surface area contributed by atoms with Crippen molar-refractivity contribution in [3.8, 4) is 0 Å². The van der Waals surface area contributed by atoms with Gasteiger partial charge in [-0.3, -0.25) is 4.79 Å². The van der Waals surface area contributed by atoms with Crippen LogP contribution >= 0.6 is 23.2 Å². The van der Waals surface area contributed by atoms with Gasteiger partial charge in [0.1, 0.15) is 0 Å². The first-order valence-electron chi connectivity index (χ1n) is 10.9. The minimum Gasteiger partial charge on any atom is -0.376 e. The Balaban J connectivity index is 1.74. The molecule has 2 aromatic rings. The Morgan fingerprint density at radius 1 is 1.17 bits per heavy atom. The number of carbonyl (C=O) groups is 2. The average molecular weight is 530 g/mol. The highest BCUT2D eigenvalue weighted by Gasteiger charge is 2.61. The highest BCUT2D eigenvalue weighted by atomic mass is 35.5. The lowest BCUT2D eigenvalue weighted by Crippen LogP contribution is -2.65. The van der Waals surface area contributed by atoms with E-state index in [0.29, 0.717) is 13.0 Å². The number of anilines is 1. The Morgan fingerprint density at radius 2 is 1.86 bits per heavy atom. The Bertz CT molecular complexity index is 1180. The zero-order chi connectivity index (χ0) is 25.4. The van der Waals surface area contributed by atoms with Crippen LogP contribution < -0.4 is 15.1 Å². The molecule has 2 aromatic carbocycles. The molecule has 0 bridgehead atoms. The Labute approximate surface area is 209 Å². The topological polar surface area (TPSA) is 79.8 Å². The predicted molar refractivity (Wildman–Crippen MR) is 129 cm³/mol. The molecule has 1 fully saturated rings. The molecule has 7 nitrogen and oxygen atoms in total. The molecule has 0 spiro atoms. The second-order valence-electron chi connectivity index (χ2n) is 8.10. The molecule has 0 saturated carbocycles. The summed E-state index contributed by atoms with van der Waals surface area (Å²) in [6.45, 7) is 1.85. The number of nitrogens with zero attached hydrogens (tertiary/aromatic N) is 2. The van der Waals surface area contributed by atoms with Gasteiger partial charge in [0.25, 0.3) is 5.91 Å². The van der Waals surface area contributed by atoms with E-state index in [1.54, 1.807) is 6.07 Å². The summed E-state index contributed by atoms with van der Waals surface area (Å²) in [4.78, 5) is 30.1. The molecular formula is C23H22Cl2F3N4O3+. The maximum Gasteiger partial charge on any atom is 0.488 e. The lowest BCUT2D eigenvalue weighted by atomic mass is 10.1. The van der Waals surface area contributed by atoms with Gasteiger partial charge >= 0.3 is 18.0 Å². The number of halogens is 5. The minimum absolute atomic E-state index is 0.00674. The number of urea groups is 1. The van der Waals surface area contributed by atoms with Crippen molar-refractivity contribution in [2.24, 2.45) is 4.99 Å². The molecular weight excluding hydrogens is 508 g/mol. The number of aliphatic imine (C=N–C) groups is 1. The third kappa shape index (κ3) is 4.63. The molecule has 2 aliphatic heterocycles. The molecule has 0 aliphatic carbocycles. The number of carbonyl (C=O) groups excluding carboxylic acids is 2. The number of ether oxygens (including phenoxy) is 1. The molecule has 2 heterocycles. The SMILES string of the molecule is CC[N+]1(C(=O)NCC2CCCO2)C(C(F)(F)F)=Nc2c(NC(=O)c3c(Cl)cccc3Cl)cccc21. The van der Waals surface area contributed by atoms with Gasteiger partial charge in [-0.2, -0.15) is 22.6 Å². The molecule has 1 saturated heterocycles. The van der Waals surface area contributed by atoms with Crippen LogP contribution in [0.5, 0.6) is 0 Å². The summed E-state index contributed by atoms with van der Waals surface area (Å²) in [5.74, 6) is -2.01. The van der Waals surface area contributed by atoms with Gasteiger partial charge in [0.2, 0.25) is 0 Å². The summed E-state index contributed by atoms with van der Waals surface area (Å²) < 4.78 is 46.9. The standard InChI is InChI=1S/C23H21Cl2F3N4O3/c1-2-32(22(34)29-12-13-6-5-11-35-13)17-10-4-9-16(19(17)31-21(32)23(26,27)28)30-20(33)18-14(24)7-3-8-15(18)25/h3-4,7-10,13H,2,5-6,11-12H2,1H3,(H-,29,30,33,34)/p+1. The Kier molecular flexibility index (Phi) is 7.10. The van der Waals surface area contributed by atoms with Crippen LogP contribution in [0, 0.1) is 0 Å². The van der Waals surface area contributed by atoms with E-state index in [1.807, 2.05) is 0 Å². The maximum atomic E-state index is 14.2. The van der Waals surface area contributed by atoms with Gasteiger partial charge in [-0.15, -0.1) is 0 Å². The summed E-state index contributed by atoms with van der Waals surface area (Å²) in [5.41, 5.74) is -0.208. The van der Waals surface area contributed by atoms with E-state index in [0.717, 1.165) is 6.42 Å². The first-order valence-corrected chi connectivity index (χ1v) is 11.7. The van der Waals surface area contributed by atoms with Crippen molar-refractivity contribution in [2.75, 3.05) is 25.0 Å². The summed E-state index contributed by atoms with van der Waals surface area (Å²) in [5, 5.41) is 5.31. The van der Waals surface area contributed by atoms with Crippen LogP contribution in [0.3, 0.4) is 0 Å². The number of nitrogens with one attached hydrogen (secondary N) is 2. The van der Waals surface area contributed by atoms with E-state index in [9.17, 15) is 22.8 Å². The van der Waals surface area contributed by atoms with Gasteiger partial charge in [-0.1, -0.05) is 35.3 Å². The quantitative estimate of drug-likeness (QED) is 0.461. The average Bonchev–Trinajstić information content (AvgIpc) is 3.44. The molecule has 4 rings (SSSR count). The summed E-state index contributed by atoms with van der Waals surface area (Å²) >= 11 is 12.2. The number of benzene rings is 2. The first kappa shape index (κ1) is 25.4. The molecule has 2 atom stereocenters. The Hall–Kier alpha value is -2.66. The number of amidine groups is 1. The van der Waals surface area contributed by atoms with Gasteiger partial charge in [-0.25, -0.2) is 4.79 Å². The number of para-hydroxylation sites is 1. The van der Waals surface area contributed by atoms with Gasteiger partial charge in [0.05, 0.1) is 33.9 Å². The lowest BCUT2D eigenvalue weighted by molar-refractivity contribution is -0.0659. The third-order valence-electron chi connectivity index (χ3n) is 6.02. The molecule has 0 aromatic heterocycles. The summed E-state index contributed by atoms with van der Waals surface area (Å²) in [7, 11) is 0. The van der Waals surface area contributed by atoms with Crippen molar-refractivity contribution < 1.29 is 27.5 Å². The monoisotopic (exact) mass is 529 g/mol. The predicted octanol–water partition coefficient (Wildman–Crippen LogP) is 6.07. The molecule has 186 valence electrons. The van der Waals surface area contributed by atoms with Crippen molar-refractivity contribution in [1.29, 1.82) is 0 Å². The van der Waals surface area contributed by atoms with Gasteiger partial charge < -0.3 is 15.4 Å². The number of rotatable bonds is 5. The van der Waals surface area contributed by atoms with Crippen molar-refractivity contribution in [3.05, 3.63) is 52.0 Å². The second kappa shape index (κ2) is 9.77. The number of hydrogen-bond acceptors (Lipinski definition) is 4. The molecule has 2 aliphatic rings. The largest absolute Gasteiger partial charge is 0.488 e. The van der Waals surface area contributed by atoms with Crippen molar-refractivity contribution >= 4 is 58.0 Å². The summed E-state index contributed by atoms with van der Waals surface area (Å²) in [6.07, 6.45) is -3.63. The van der Waals surface area contributed by atoms with Crippen molar-refractivity contribution in [2.45, 2.75) is 32.0 Å². The van der Waals surface area contributed by atoms with Crippen LogP contribution in [0.25, 0.3) is 0 Å². The lowest BCUT2D eigenvalue weighted by Gasteiger charge is -2.31. The smallest absolute Gasteiger partial charge is 0.376 e. The van der Waals surface area contributed by atoms with Crippen LogP contribution in [0.4, 0.5) is 35.0 Å². The molecule has 2 unspecified atom stereocenters. The molecule has 3 amide bonds. The minimum atomic E-state index is -4.91. The highest BCUT2D eigenvalue weighted by Crippen LogP contribution is 2.49. The van der Waals surface area contributed by atoms with E-state index < -0.39 is 28.4 Å². The fourth-order valence-corrected chi connectivity index (χ4v) is 4.92. The van der Waals surface area contributed by atoms with Crippen LogP contribution in [-0.4, -0.2) is 49.8 Å². The van der Waals surface area contributed by atoms with E-state index in [4.69, 9.17) is 27.9 Å². The normalized spacial score (nSPS) is 21.4. The summed E-state index contributed by atoms with van der Waals surface area (Å²) in [6, 6.07) is 7.86. The van der Waals surface area contributed by atoms with Crippen molar-refractivity contribution in [3.63, 3.8) is 0 Å². The van der Waals surface area contributed by atoms with Gasteiger partial charge in [0, 0.05) is 19.2 Å². The zero-order valence-corrected chi connectivity index (χ0v) is 20.1. The number of quaternary nitrogens is 1. The van der Waals surface area contributed by atoms with Crippen LogP contribution in [0.1, 0.15) is 30.1 Å². The number of alkyl halides is 3. The maximum absolute atomic E-state index is 14.2. The Morgan fingerprint density at radius 3 is 2.46 bits per heavy atom. The molecule has 35 heavy (non-hydrogen) atoms. The van der Waals surface area contributed by atoms with Gasteiger partial charge in [0.15, 0.2) is 11.4 Å². The fraction of sp³-hybridized carbons (Fsp3) is 0.348. The molecule has 0 radical (unpaired) electrons. The molecule has 12 heteroatoms. The zero-order valence-electron chi connectivity index (χ0n) is 18.6. The number of hydrogen-bond donors (Lipinski definition) is 2. The highest BCUT2D eigenvalue weighted by molar-refractivity contribution is 6.40. The second-order valence-corrected chi connectivity index (χ2v) is 8.92. The van der Waals surface area contributed by atoms with E-state index in [-0.39, 0.29) is 51.9 Å². The van der Waals surface area contributed by atoms with Crippen molar-refractivity contribution in [1.82, 2.24) is 9.80 Å². The van der Waals surface area contributed by atoms with Crippen LogP contribution in [0.2, 0.25) is 10.0 Å². The van der Waals surface area contributed by atoms with E-state index in [1.165, 1.54) is 37.3 Å². The van der Waals surface area contributed by atoms with E-state index in [2.05, 4.69) is 15.6 Å². The van der Waals surface area contributed by atoms with Crippen LogP contribution in [-0.2, 0) is 4.74 Å². The number of fused-ring (bicyclic) bond motifs is 1. The fourth-order valence-electron chi connectivity index (χ4n) is 4.35. The number of amides is 3. The third-order valence-corrected chi connectivity index (χ3v) is 6.65. The molecule has 2 N–H and O–H groups in total.